The molecular weight excluding hydrogens is 249 g/mol. The van der Waals surface area contributed by atoms with Crippen molar-refractivity contribution in [2.45, 2.75) is 26.2 Å². The Labute approximate surface area is 119 Å². The van der Waals surface area contributed by atoms with Crippen LogP contribution in [0.25, 0.3) is 0 Å². The summed E-state index contributed by atoms with van der Waals surface area (Å²) >= 11 is 0. The fourth-order valence-corrected chi connectivity index (χ4v) is 1.88. The van der Waals surface area contributed by atoms with Crippen LogP contribution in [-0.4, -0.2) is 0 Å². The molecule has 0 aliphatic carbocycles. The molecule has 0 bridgehead atoms. The number of halogens is 1. The van der Waals surface area contributed by atoms with Crippen molar-refractivity contribution in [2.24, 2.45) is 0 Å². The van der Waals surface area contributed by atoms with Gasteiger partial charge in [-0.2, -0.15) is 0 Å². The van der Waals surface area contributed by atoms with Crippen LogP contribution in [0.1, 0.15) is 36.5 Å². The summed E-state index contributed by atoms with van der Waals surface area (Å²) in [4.78, 5) is 0. The average molecular weight is 267 g/mol. The van der Waals surface area contributed by atoms with E-state index in [1.54, 1.807) is 6.07 Å². The number of benzene rings is 2. The van der Waals surface area contributed by atoms with Gasteiger partial charge in [-0.05, 0) is 48.7 Å². The first kappa shape index (κ1) is 14.1. The number of nitrogens with two attached hydrogens (primary N) is 1. The Morgan fingerprint density at radius 2 is 1.65 bits per heavy atom. The lowest BCUT2D eigenvalue weighted by Gasteiger charge is -1.99. The normalized spacial score (nSPS) is 9.90. The molecule has 0 saturated carbocycles. The quantitative estimate of drug-likeness (QED) is 0.656. The fourth-order valence-electron chi connectivity index (χ4n) is 1.88. The van der Waals surface area contributed by atoms with Gasteiger partial charge in [-0.15, -0.1) is 0 Å². The van der Waals surface area contributed by atoms with Gasteiger partial charge in [0.25, 0.3) is 0 Å². The Hall–Kier alpha value is -2.27. The van der Waals surface area contributed by atoms with E-state index in [9.17, 15) is 4.39 Å². The highest BCUT2D eigenvalue weighted by Gasteiger charge is 1.97. The highest BCUT2D eigenvalue weighted by atomic mass is 19.1. The van der Waals surface area contributed by atoms with Crippen molar-refractivity contribution in [3.63, 3.8) is 0 Å². The molecule has 20 heavy (non-hydrogen) atoms. The Morgan fingerprint density at radius 1 is 1.00 bits per heavy atom. The van der Waals surface area contributed by atoms with Crippen LogP contribution < -0.4 is 5.73 Å². The maximum Gasteiger partial charge on any atom is 0.147 e. The van der Waals surface area contributed by atoms with Crippen molar-refractivity contribution in [1.82, 2.24) is 0 Å². The van der Waals surface area contributed by atoms with Crippen molar-refractivity contribution in [3.05, 3.63) is 65.0 Å². The topological polar surface area (TPSA) is 26.0 Å². The minimum Gasteiger partial charge on any atom is -0.396 e. The molecule has 2 rings (SSSR count). The van der Waals surface area contributed by atoms with Crippen LogP contribution in [0.2, 0.25) is 0 Å². The Bertz CT molecular complexity index is 633. The van der Waals surface area contributed by atoms with Gasteiger partial charge in [0.2, 0.25) is 0 Å². The van der Waals surface area contributed by atoms with Gasteiger partial charge in [0.1, 0.15) is 5.82 Å². The van der Waals surface area contributed by atoms with E-state index in [1.807, 2.05) is 12.1 Å². The molecule has 0 fully saturated rings. The highest BCUT2D eigenvalue weighted by Crippen LogP contribution is 2.11. The van der Waals surface area contributed by atoms with Crippen LogP contribution in [0, 0.1) is 17.7 Å². The Balaban J connectivity index is 2.10. The van der Waals surface area contributed by atoms with E-state index < -0.39 is 5.82 Å². The van der Waals surface area contributed by atoms with Crippen molar-refractivity contribution >= 4 is 5.69 Å². The summed E-state index contributed by atoms with van der Waals surface area (Å²) in [5.74, 6) is 5.56. The maximum atomic E-state index is 13.3. The van der Waals surface area contributed by atoms with Crippen molar-refractivity contribution < 1.29 is 4.39 Å². The third-order valence-electron chi connectivity index (χ3n) is 3.12. The number of hydrogen-bond donors (Lipinski definition) is 1. The molecule has 0 radical (unpaired) electrons. The number of unbranched alkanes of at least 4 members (excludes halogenated alkanes) is 1. The molecule has 2 heteroatoms. The van der Waals surface area contributed by atoms with Gasteiger partial charge in [0.15, 0.2) is 0 Å². The third kappa shape index (κ3) is 3.86. The lowest BCUT2D eigenvalue weighted by molar-refractivity contribution is 0.632. The molecule has 2 N–H and O–H groups in total. The van der Waals surface area contributed by atoms with E-state index >= 15 is 0 Å². The summed E-state index contributed by atoms with van der Waals surface area (Å²) in [6, 6.07) is 12.8. The zero-order chi connectivity index (χ0) is 14.4. The monoisotopic (exact) mass is 267 g/mol. The van der Waals surface area contributed by atoms with E-state index in [0.717, 1.165) is 12.0 Å². The number of rotatable bonds is 3. The first-order valence-electron chi connectivity index (χ1n) is 6.85. The van der Waals surface area contributed by atoms with Crippen LogP contribution >= 0.6 is 0 Å². The lowest BCUT2D eigenvalue weighted by atomic mass is 10.1. The predicted molar refractivity (Wildman–Crippen MR) is 81.8 cm³/mol. The fraction of sp³-hybridized carbons (Fsp3) is 0.222. The number of hydrogen-bond acceptors (Lipinski definition) is 1. The molecule has 2 aromatic rings. The summed E-state index contributed by atoms with van der Waals surface area (Å²) < 4.78 is 13.3. The predicted octanol–water partition coefficient (Wildman–Crippen LogP) is 4.15. The molecule has 0 heterocycles. The van der Waals surface area contributed by atoms with Crippen molar-refractivity contribution in [2.75, 3.05) is 5.73 Å². The van der Waals surface area contributed by atoms with Gasteiger partial charge < -0.3 is 5.73 Å². The van der Waals surface area contributed by atoms with E-state index in [2.05, 4.69) is 30.9 Å². The van der Waals surface area contributed by atoms with Gasteiger partial charge in [-0.3, -0.25) is 0 Å². The molecular formula is C18H18FN. The second-order valence-electron chi connectivity index (χ2n) is 4.79. The second kappa shape index (κ2) is 6.77. The zero-order valence-corrected chi connectivity index (χ0v) is 11.6. The Kier molecular flexibility index (Phi) is 4.79. The van der Waals surface area contributed by atoms with Gasteiger partial charge in [0.05, 0.1) is 5.69 Å². The van der Waals surface area contributed by atoms with Crippen molar-refractivity contribution in [1.29, 1.82) is 0 Å². The average Bonchev–Trinajstić information content (AvgIpc) is 2.47. The molecule has 0 unspecified atom stereocenters. The van der Waals surface area contributed by atoms with Crippen LogP contribution in [0.5, 0.6) is 0 Å². The molecule has 0 aliphatic heterocycles. The molecule has 0 atom stereocenters. The minimum atomic E-state index is -0.424. The number of aryl methyl sites for hydroxylation is 1. The maximum absolute atomic E-state index is 13.3. The van der Waals surface area contributed by atoms with Gasteiger partial charge in [0, 0.05) is 11.1 Å². The third-order valence-corrected chi connectivity index (χ3v) is 3.12. The first-order valence-corrected chi connectivity index (χ1v) is 6.85. The second-order valence-corrected chi connectivity index (χ2v) is 4.79. The van der Waals surface area contributed by atoms with Crippen LogP contribution in [0.3, 0.4) is 0 Å². The molecule has 0 amide bonds. The largest absolute Gasteiger partial charge is 0.396 e. The van der Waals surface area contributed by atoms with Gasteiger partial charge in [-0.1, -0.05) is 37.3 Å². The molecule has 1 nitrogen and oxygen atoms in total. The van der Waals surface area contributed by atoms with Crippen LogP contribution in [0.15, 0.2) is 42.5 Å². The van der Waals surface area contributed by atoms with E-state index in [0.29, 0.717) is 5.56 Å². The summed E-state index contributed by atoms with van der Waals surface area (Å²) in [6.45, 7) is 2.19. The van der Waals surface area contributed by atoms with E-state index in [-0.39, 0.29) is 5.69 Å². The summed E-state index contributed by atoms with van der Waals surface area (Å²) in [7, 11) is 0. The van der Waals surface area contributed by atoms with Crippen LogP contribution in [-0.2, 0) is 6.42 Å². The smallest absolute Gasteiger partial charge is 0.147 e. The van der Waals surface area contributed by atoms with Crippen molar-refractivity contribution in [3.8, 4) is 11.8 Å². The zero-order valence-electron chi connectivity index (χ0n) is 11.6. The molecule has 2 aromatic carbocycles. The van der Waals surface area contributed by atoms with E-state index in [1.165, 1.54) is 30.5 Å². The standard InChI is InChI=1S/C18H18FN/c1-2-3-4-14-5-7-15(8-6-14)9-10-16-11-12-18(20)17(19)13-16/h5-8,11-13H,2-4,20H2,1H3. The van der Waals surface area contributed by atoms with Gasteiger partial charge in [-0.25, -0.2) is 4.39 Å². The molecule has 0 spiro atoms. The summed E-state index contributed by atoms with van der Waals surface area (Å²) in [6.07, 6.45) is 3.51. The molecule has 0 aromatic heterocycles. The SMILES string of the molecule is CCCCc1ccc(C#Cc2ccc(N)c(F)c2)cc1. The Morgan fingerprint density at radius 3 is 2.30 bits per heavy atom. The lowest BCUT2D eigenvalue weighted by Crippen LogP contribution is -1.90. The summed E-state index contributed by atoms with van der Waals surface area (Å²) in [5, 5.41) is 0. The van der Waals surface area contributed by atoms with E-state index in [4.69, 9.17) is 5.73 Å². The number of anilines is 1. The minimum absolute atomic E-state index is 0.149. The highest BCUT2D eigenvalue weighted by molar-refractivity contribution is 5.48. The summed E-state index contributed by atoms with van der Waals surface area (Å²) in [5.41, 5.74) is 8.47. The molecule has 0 aliphatic rings. The molecule has 0 saturated heterocycles. The first-order chi connectivity index (χ1) is 9.69. The number of nitrogen functional groups attached to an aromatic ring is 1. The molecule has 102 valence electrons. The van der Waals surface area contributed by atoms with Crippen LogP contribution in [0.4, 0.5) is 10.1 Å². The van der Waals surface area contributed by atoms with Gasteiger partial charge >= 0.3 is 0 Å².